The first-order chi connectivity index (χ1) is 11.6. The molecule has 0 bridgehead atoms. The van der Waals surface area contributed by atoms with Crippen LogP contribution in [0.25, 0.3) is 11.0 Å². The molecule has 0 spiro atoms. The lowest BCUT2D eigenvalue weighted by Crippen LogP contribution is -2.19. The molecule has 0 saturated heterocycles. The van der Waals surface area contributed by atoms with Gasteiger partial charge in [0.1, 0.15) is 5.75 Å². The second kappa shape index (κ2) is 7.27. The molecule has 0 aliphatic carbocycles. The van der Waals surface area contributed by atoms with Crippen LogP contribution < -0.4 is 5.43 Å². The van der Waals surface area contributed by atoms with Gasteiger partial charge in [0.15, 0.2) is 0 Å². The van der Waals surface area contributed by atoms with Gasteiger partial charge in [-0.2, -0.15) is 5.10 Å². The Balaban J connectivity index is 1.56. The zero-order valence-electron chi connectivity index (χ0n) is 12.7. The van der Waals surface area contributed by atoms with Crippen LogP contribution in [0.15, 0.2) is 58.4 Å². The van der Waals surface area contributed by atoms with Gasteiger partial charge in [-0.25, -0.2) is 10.4 Å². The molecule has 1 aromatic heterocycles. The van der Waals surface area contributed by atoms with Crippen LogP contribution in [0.1, 0.15) is 12.0 Å². The third-order valence-corrected chi connectivity index (χ3v) is 3.98. The van der Waals surface area contributed by atoms with Gasteiger partial charge in [-0.3, -0.25) is 4.79 Å². The molecule has 0 saturated carbocycles. The second-order valence-corrected chi connectivity index (χ2v) is 6.09. The van der Waals surface area contributed by atoms with Gasteiger partial charge in [-0.15, -0.1) is 0 Å². The number of imidazole rings is 1. The Morgan fingerprint density at radius 2 is 2.17 bits per heavy atom. The molecular formula is C17H15BrN4O2. The van der Waals surface area contributed by atoms with E-state index in [1.54, 1.807) is 24.5 Å². The maximum atomic E-state index is 11.9. The Labute approximate surface area is 147 Å². The number of phenolic OH excluding ortho intramolecular Hbond substituents is 1. The minimum Gasteiger partial charge on any atom is -0.507 e. The molecule has 0 atom stereocenters. The summed E-state index contributed by atoms with van der Waals surface area (Å²) in [5.41, 5.74) is 4.87. The molecule has 3 aromatic rings. The molecular weight excluding hydrogens is 372 g/mol. The fourth-order valence-corrected chi connectivity index (χ4v) is 2.65. The summed E-state index contributed by atoms with van der Waals surface area (Å²) in [5.74, 6) is -0.111. The summed E-state index contributed by atoms with van der Waals surface area (Å²) in [6, 6.07) is 12.8. The normalized spacial score (nSPS) is 11.2. The van der Waals surface area contributed by atoms with E-state index in [-0.39, 0.29) is 18.1 Å². The van der Waals surface area contributed by atoms with Crippen molar-refractivity contribution in [3.63, 3.8) is 0 Å². The average Bonchev–Trinajstić information content (AvgIpc) is 2.99. The number of hydrogen-bond acceptors (Lipinski definition) is 4. The summed E-state index contributed by atoms with van der Waals surface area (Å²) in [6.45, 7) is 0.518. The smallest absolute Gasteiger partial charge is 0.241 e. The van der Waals surface area contributed by atoms with Crippen molar-refractivity contribution in [2.45, 2.75) is 13.0 Å². The number of carbonyl (C=O) groups is 1. The van der Waals surface area contributed by atoms with Crippen molar-refractivity contribution >= 4 is 39.1 Å². The highest BCUT2D eigenvalue weighted by Crippen LogP contribution is 2.19. The van der Waals surface area contributed by atoms with E-state index in [1.165, 1.54) is 6.21 Å². The van der Waals surface area contributed by atoms with Crippen molar-refractivity contribution in [3.8, 4) is 5.75 Å². The van der Waals surface area contributed by atoms with E-state index in [2.05, 4.69) is 31.4 Å². The zero-order chi connectivity index (χ0) is 16.9. The maximum absolute atomic E-state index is 11.9. The van der Waals surface area contributed by atoms with Crippen LogP contribution >= 0.6 is 15.9 Å². The first-order valence-corrected chi connectivity index (χ1v) is 8.13. The summed E-state index contributed by atoms with van der Waals surface area (Å²) in [7, 11) is 0. The fourth-order valence-electron chi connectivity index (χ4n) is 2.27. The molecule has 0 aliphatic rings. The molecule has 6 nitrogen and oxygen atoms in total. The zero-order valence-corrected chi connectivity index (χ0v) is 14.3. The van der Waals surface area contributed by atoms with E-state index in [1.807, 2.05) is 28.8 Å². The monoisotopic (exact) mass is 386 g/mol. The third-order valence-electron chi connectivity index (χ3n) is 3.49. The Morgan fingerprint density at radius 3 is 3.04 bits per heavy atom. The van der Waals surface area contributed by atoms with Crippen LogP contribution in [0.2, 0.25) is 0 Å². The Morgan fingerprint density at radius 1 is 1.33 bits per heavy atom. The van der Waals surface area contributed by atoms with Gasteiger partial charge in [0.05, 0.1) is 23.6 Å². The van der Waals surface area contributed by atoms with Crippen molar-refractivity contribution in [3.05, 3.63) is 58.8 Å². The molecule has 7 heteroatoms. The molecule has 0 fully saturated rings. The van der Waals surface area contributed by atoms with Crippen molar-refractivity contribution in [1.29, 1.82) is 0 Å². The highest BCUT2D eigenvalue weighted by Gasteiger charge is 2.05. The van der Waals surface area contributed by atoms with Crippen LogP contribution in [-0.4, -0.2) is 26.8 Å². The number of nitrogens with one attached hydrogen (secondary N) is 1. The first kappa shape index (κ1) is 16.2. The summed E-state index contributed by atoms with van der Waals surface area (Å²) in [6.07, 6.45) is 3.41. The molecule has 24 heavy (non-hydrogen) atoms. The van der Waals surface area contributed by atoms with Crippen LogP contribution in [0.3, 0.4) is 0 Å². The van der Waals surface area contributed by atoms with Gasteiger partial charge in [0.25, 0.3) is 0 Å². The number of aryl methyl sites for hydroxylation is 1. The highest BCUT2D eigenvalue weighted by atomic mass is 79.9. The predicted octanol–water partition coefficient (Wildman–Crippen LogP) is 3.04. The number of aromatic nitrogens is 2. The average molecular weight is 387 g/mol. The fraction of sp³-hybridized carbons (Fsp3) is 0.118. The van der Waals surface area contributed by atoms with Gasteiger partial charge < -0.3 is 9.67 Å². The van der Waals surface area contributed by atoms with Crippen LogP contribution in [0, 0.1) is 0 Å². The highest BCUT2D eigenvalue weighted by molar-refractivity contribution is 9.10. The standard InChI is InChI=1S/C17H15BrN4O2/c18-13-5-6-16(23)12(9-13)10-20-21-17(24)7-8-22-11-19-14-3-1-2-4-15(14)22/h1-6,9-11,23H,7-8H2,(H,21,24)/b20-10-. The summed E-state index contributed by atoms with van der Waals surface area (Å²) in [5, 5.41) is 13.6. The molecule has 122 valence electrons. The lowest BCUT2D eigenvalue weighted by Gasteiger charge is -2.03. The molecule has 0 unspecified atom stereocenters. The maximum Gasteiger partial charge on any atom is 0.241 e. The Kier molecular flexibility index (Phi) is 4.90. The lowest BCUT2D eigenvalue weighted by atomic mass is 10.2. The SMILES string of the molecule is O=C(CCn1cnc2ccccc21)N/N=C\c1cc(Br)ccc1O. The number of hydrogen-bond donors (Lipinski definition) is 2. The molecule has 0 radical (unpaired) electrons. The number of amides is 1. The molecule has 0 aliphatic heterocycles. The summed E-state index contributed by atoms with van der Waals surface area (Å²) >= 11 is 3.31. The molecule has 1 heterocycles. The molecule has 2 N–H and O–H groups in total. The molecule has 3 rings (SSSR count). The Hall–Kier alpha value is -2.67. The number of rotatable bonds is 5. The number of phenols is 1. The lowest BCUT2D eigenvalue weighted by molar-refractivity contribution is -0.121. The van der Waals surface area contributed by atoms with Crippen molar-refractivity contribution in [2.24, 2.45) is 5.10 Å². The van der Waals surface area contributed by atoms with Crippen molar-refractivity contribution in [1.82, 2.24) is 15.0 Å². The number of benzene rings is 2. The van der Waals surface area contributed by atoms with E-state index in [4.69, 9.17) is 0 Å². The number of aromatic hydroxyl groups is 1. The molecule has 1 amide bonds. The minimum absolute atomic E-state index is 0.0982. The van der Waals surface area contributed by atoms with E-state index in [0.29, 0.717) is 12.1 Å². The largest absolute Gasteiger partial charge is 0.507 e. The number of halogens is 1. The van der Waals surface area contributed by atoms with E-state index in [0.717, 1.165) is 15.5 Å². The van der Waals surface area contributed by atoms with E-state index < -0.39 is 0 Å². The number of para-hydroxylation sites is 2. The van der Waals surface area contributed by atoms with E-state index in [9.17, 15) is 9.90 Å². The van der Waals surface area contributed by atoms with E-state index >= 15 is 0 Å². The number of nitrogens with zero attached hydrogens (tertiary/aromatic N) is 3. The first-order valence-electron chi connectivity index (χ1n) is 7.34. The predicted molar refractivity (Wildman–Crippen MR) is 95.9 cm³/mol. The number of hydrazone groups is 1. The Bertz CT molecular complexity index is 904. The number of carbonyl (C=O) groups excluding carboxylic acids is 1. The van der Waals surface area contributed by atoms with Crippen molar-refractivity contribution in [2.75, 3.05) is 0 Å². The third kappa shape index (κ3) is 3.80. The topological polar surface area (TPSA) is 79.5 Å². The summed E-state index contributed by atoms with van der Waals surface area (Å²) < 4.78 is 2.75. The van der Waals surface area contributed by atoms with Gasteiger partial charge in [-0.1, -0.05) is 28.1 Å². The quantitative estimate of drug-likeness (QED) is 0.522. The minimum atomic E-state index is -0.210. The van der Waals surface area contributed by atoms with Gasteiger partial charge >= 0.3 is 0 Å². The van der Waals surface area contributed by atoms with Gasteiger partial charge in [0, 0.05) is 23.0 Å². The number of fused-ring (bicyclic) bond motifs is 1. The van der Waals surface area contributed by atoms with Crippen LogP contribution in [-0.2, 0) is 11.3 Å². The van der Waals surface area contributed by atoms with Crippen LogP contribution in [0.5, 0.6) is 5.75 Å². The van der Waals surface area contributed by atoms with Crippen LogP contribution in [0.4, 0.5) is 0 Å². The van der Waals surface area contributed by atoms with Crippen molar-refractivity contribution < 1.29 is 9.90 Å². The van der Waals surface area contributed by atoms with Gasteiger partial charge in [0.2, 0.25) is 5.91 Å². The summed E-state index contributed by atoms with van der Waals surface area (Å²) in [4.78, 5) is 16.2. The van der Waals surface area contributed by atoms with Gasteiger partial charge in [-0.05, 0) is 30.3 Å². The second-order valence-electron chi connectivity index (χ2n) is 5.17. The molecule has 2 aromatic carbocycles.